The molecule has 0 aliphatic heterocycles. The summed E-state index contributed by atoms with van der Waals surface area (Å²) in [5.74, 6) is 0.862. The van der Waals surface area contributed by atoms with Crippen molar-refractivity contribution in [2.24, 2.45) is 16.7 Å². The van der Waals surface area contributed by atoms with Crippen LogP contribution < -0.4 is 0 Å². The normalized spacial score (nSPS) is 13.9. The third-order valence-corrected chi connectivity index (χ3v) is 8.77. The molecule has 0 saturated heterocycles. The predicted molar refractivity (Wildman–Crippen MR) is 171 cm³/mol. The fraction of sp³-hybridized carbons (Fsp3) is 1.00. The first-order valence-electron chi connectivity index (χ1n) is 17.2. The molecule has 0 aromatic heterocycles. The summed E-state index contributed by atoms with van der Waals surface area (Å²) in [6.07, 6.45) is 31.8. The van der Waals surface area contributed by atoms with Crippen LogP contribution in [0.15, 0.2) is 0 Å². The molecule has 0 amide bonds. The standard InChI is InChI=1S/C36H76N/c1-10-11-12-13-14-15-16-17-18-19-20-22-25-28-31-37(8,9)32-29-26-23-21-24-27-30-34(36(5,6)7)33-35(2,3)4/h34H,10-33H2,1-9H3/q+1. The van der Waals surface area contributed by atoms with Crippen LogP contribution in [0.25, 0.3) is 0 Å². The van der Waals surface area contributed by atoms with Crippen LogP contribution in [0.2, 0.25) is 0 Å². The predicted octanol–water partition coefficient (Wildman–Crippen LogP) is 12.4. The molecule has 0 aromatic rings. The summed E-state index contributed by atoms with van der Waals surface area (Å²) in [7, 11) is 4.92. The number of rotatable bonds is 25. The maximum Gasteiger partial charge on any atom is 0.0782 e. The van der Waals surface area contributed by atoms with Crippen LogP contribution in [-0.2, 0) is 0 Å². The molecule has 0 rings (SSSR count). The molecule has 224 valence electrons. The van der Waals surface area contributed by atoms with Gasteiger partial charge in [0.05, 0.1) is 27.2 Å². The highest BCUT2D eigenvalue weighted by molar-refractivity contribution is 4.79. The van der Waals surface area contributed by atoms with Crippen molar-refractivity contribution in [3.63, 3.8) is 0 Å². The smallest absolute Gasteiger partial charge is 0.0782 e. The monoisotopic (exact) mass is 523 g/mol. The van der Waals surface area contributed by atoms with Crippen molar-refractivity contribution in [2.45, 2.75) is 190 Å². The van der Waals surface area contributed by atoms with E-state index in [-0.39, 0.29) is 0 Å². The largest absolute Gasteiger partial charge is 0.328 e. The Hall–Kier alpha value is -0.0400. The van der Waals surface area contributed by atoms with E-state index in [1.165, 1.54) is 159 Å². The molecule has 0 aromatic carbocycles. The molecule has 1 atom stereocenters. The minimum atomic E-state index is 0.448. The van der Waals surface area contributed by atoms with Crippen molar-refractivity contribution >= 4 is 0 Å². The second kappa shape index (κ2) is 21.7. The van der Waals surface area contributed by atoms with Gasteiger partial charge in [0, 0.05) is 0 Å². The van der Waals surface area contributed by atoms with E-state index in [4.69, 9.17) is 0 Å². The maximum absolute atomic E-state index is 2.46. The fourth-order valence-corrected chi connectivity index (χ4v) is 6.06. The molecular formula is C36H76N+. The van der Waals surface area contributed by atoms with Gasteiger partial charge in [0.1, 0.15) is 0 Å². The van der Waals surface area contributed by atoms with Gasteiger partial charge < -0.3 is 4.48 Å². The van der Waals surface area contributed by atoms with Gasteiger partial charge in [-0.05, 0) is 55.3 Å². The van der Waals surface area contributed by atoms with Crippen LogP contribution in [0.3, 0.4) is 0 Å². The quantitative estimate of drug-likeness (QED) is 0.0825. The van der Waals surface area contributed by atoms with Crippen LogP contribution in [0.4, 0.5) is 0 Å². The molecule has 0 aliphatic carbocycles. The molecule has 0 saturated carbocycles. The third-order valence-electron chi connectivity index (χ3n) is 8.77. The Bertz CT molecular complexity index is 478. The van der Waals surface area contributed by atoms with Crippen molar-refractivity contribution in [1.82, 2.24) is 0 Å². The van der Waals surface area contributed by atoms with Crippen LogP contribution in [0, 0.1) is 16.7 Å². The molecule has 0 aliphatic rings. The summed E-state index contributed by atoms with van der Waals surface area (Å²) >= 11 is 0. The van der Waals surface area contributed by atoms with Gasteiger partial charge in [-0.3, -0.25) is 0 Å². The SMILES string of the molecule is CCCCCCCCCCCCCCCC[N+](C)(C)CCCCCCCCC(CC(C)(C)C)C(C)(C)C. The van der Waals surface area contributed by atoms with Crippen LogP contribution in [0.1, 0.15) is 190 Å². The molecule has 37 heavy (non-hydrogen) atoms. The zero-order chi connectivity index (χ0) is 28.0. The Kier molecular flexibility index (Phi) is 21.7. The lowest BCUT2D eigenvalue weighted by Gasteiger charge is -2.36. The van der Waals surface area contributed by atoms with Crippen molar-refractivity contribution in [3.8, 4) is 0 Å². The van der Waals surface area contributed by atoms with Gasteiger partial charge in [-0.25, -0.2) is 0 Å². The molecule has 1 heteroatoms. The first-order chi connectivity index (χ1) is 17.4. The fourth-order valence-electron chi connectivity index (χ4n) is 6.06. The first-order valence-corrected chi connectivity index (χ1v) is 17.2. The lowest BCUT2D eigenvalue weighted by molar-refractivity contribution is -0.890. The number of nitrogens with zero attached hydrogens (tertiary/aromatic N) is 1. The maximum atomic E-state index is 2.46. The zero-order valence-electron chi connectivity index (χ0n) is 28.0. The lowest BCUT2D eigenvalue weighted by Crippen LogP contribution is -2.41. The number of hydrogen-bond acceptors (Lipinski definition) is 0. The molecule has 0 N–H and O–H groups in total. The van der Waals surface area contributed by atoms with Gasteiger partial charge in [0.15, 0.2) is 0 Å². The van der Waals surface area contributed by atoms with Gasteiger partial charge in [0.2, 0.25) is 0 Å². The Labute approximate surface area is 237 Å². The van der Waals surface area contributed by atoms with Gasteiger partial charge in [-0.2, -0.15) is 0 Å². The number of unbranched alkanes of at least 4 members (excludes halogenated alkanes) is 18. The summed E-state index contributed by atoms with van der Waals surface area (Å²) < 4.78 is 1.23. The van der Waals surface area contributed by atoms with Crippen molar-refractivity contribution < 1.29 is 4.48 Å². The van der Waals surface area contributed by atoms with E-state index in [0.29, 0.717) is 10.8 Å². The summed E-state index contributed by atoms with van der Waals surface area (Å²) in [5, 5.41) is 0. The third kappa shape index (κ3) is 26.0. The molecule has 0 fully saturated rings. The molecule has 1 unspecified atom stereocenters. The van der Waals surface area contributed by atoms with E-state index < -0.39 is 0 Å². The minimum Gasteiger partial charge on any atom is -0.328 e. The van der Waals surface area contributed by atoms with Crippen molar-refractivity contribution in [2.75, 3.05) is 27.2 Å². The van der Waals surface area contributed by atoms with E-state index in [0.717, 1.165) is 5.92 Å². The average molecular weight is 523 g/mol. The summed E-state index contributed by atoms with van der Waals surface area (Å²) in [6, 6.07) is 0. The van der Waals surface area contributed by atoms with Gasteiger partial charge in [-0.15, -0.1) is 0 Å². The summed E-state index contributed by atoms with van der Waals surface area (Å²) in [6.45, 7) is 19.6. The second-order valence-corrected chi connectivity index (χ2v) is 15.7. The average Bonchev–Trinajstić information content (AvgIpc) is 2.78. The zero-order valence-corrected chi connectivity index (χ0v) is 28.0. The van der Waals surface area contributed by atoms with Gasteiger partial charge >= 0.3 is 0 Å². The number of hydrogen-bond donors (Lipinski definition) is 0. The summed E-state index contributed by atoms with van der Waals surface area (Å²) in [4.78, 5) is 0. The highest BCUT2D eigenvalue weighted by Gasteiger charge is 2.28. The van der Waals surface area contributed by atoms with E-state index in [9.17, 15) is 0 Å². The molecule has 1 nitrogen and oxygen atoms in total. The van der Waals surface area contributed by atoms with E-state index >= 15 is 0 Å². The Balaban J connectivity index is 3.60. The first kappa shape index (κ1) is 37.0. The Morgan fingerprint density at radius 2 is 0.784 bits per heavy atom. The highest BCUT2D eigenvalue weighted by Crippen LogP contribution is 2.39. The van der Waals surface area contributed by atoms with Crippen LogP contribution in [-0.4, -0.2) is 31.7 Å². The highest BCUT2D eigenvalue weighted by atomic mass is 15.3. The Morgan fingerprint density at radius 1 is 0.459 bits per heavy atom. The van der Waals surface area contributed by atoms with E-state index in [1.54, 1.807) is 0 Å². The van der Waals surface area contributed by atoms with E-state index in [1.807, 2.05) is 0 Å². The second-order valence-electron chi connectivity index (χ2n) is 15.7. The molecule has 0 radical (unpaired) electrons. The van der Waals surface area contributed by atoms with Crippen LogP contribution >= 0.6 is 0 Å². The van der Waals surface area contributed by atoms with Crippen molar-refractivity contribution in [3.05, 3.63) is 0 Å². The lowest BCUT2D eigenvalue weighted by atomic mass is 9.70. The Morgan fingerprint density at radius 3 is 1.11 bits per heavy atom. The van der Waals surface area contributed by atoms with Gasteiger partial charge in [0.25, 0.3) is 0 Å². The summed E-state index contributed by atoms with van der Waals surface area (Å²) in [5.41, 5.74) is 0.902. The molecule has 0 heterocycles. The topological polar surface area (TPSA) is 0 Å². The van der Waals surface area contributed by atoms with Gasteiger partial charge in [-0.1, -0.05) is 151 Å². The molecular weight excluding hydrogens is 446 g/mol. The number of quaternary nitrogens is 1. The molecule has 0 bridgehead atoms. The minimum absolute atomic E-state index is 0.448. The van der Waals surface area contributed by atoms with Crippen molar-refractivity contribution in [1.29, 1.82) is 0 Å². The molecule has 0 spiro atoms. The van der Waals surface area contributed by atoms with Crippen LogP contribution in [0.5, 0.6) is 0 Å². The van der Waals surface area contributed by atoms with E-state index in [2.05, 4.69) is 62.6 Å².